The van der Waals surface area contributed by atoms with E-state index in [4.69, 9.17) is 5.11 Å². The van der Waals surface area contributed by atoms with Gasteiger partial charge in [-0.1, -0.05) is 6.07 Å². The van der Waals surface area contributed by atoms with Crippen molar-refractivity contribution in [3.05, 3.63) is 35.4 Å². The second kappa shape index (κ2) is 3.93. The number of hydrogen-bond donors (Lipinski definition) is 4. The molecular formula is C12H13NO4. The van der Waals surface area contributed by atoms with Crippen LogP contribution in [0.3, 0.4) is 0 Å². The zero-order valence-corrected chi connectivity index (χ0v) is 9.25. The van der Waals surface area contributed by atoms with E-state index in [1.165, 1.54) is 29.8 Å². The van der Waals surface area contributed by atoms with E-state index in [-0.39, 0.29) is 29.7 Å². The standard InChI is InChI=1S/C12H13NO4/c1-13-11(16)5-8(12(13)17)4-7-2-3-9(14)6-10(7)15/h2-3,5-6,14-17H,4H2,1H3. The van der Waals surface area contributed by atoms with Crippen LogP contribution in [0, 0.1) is 0 Å². The Balaban J connectivity index is 2.34. The van der Waals surface area contributed by atoms with Gasteiger partial charge < -0.3 is 20.4 Å². The summed E-state index contributed by atoms with van der Waals surface area (Å²) in [5, 5.41) is 37.9. The monoisotopic (exact) mass is 235 g/mol. The molecule has 0 unspecified atom stereocenters. The van der Waals surface area contributed by atoms with Gasteiger partial charge in [0.2, 0.25) is 0 Å². The summed E-state index contributed by atoms with van der Waals surface area (Å²) in [6, 6.07) is 5.68. The lowest BCUT2D eigenvalue weighted by molar-refractivity contribution is 0.385. The lowest BCUT2D eigenvalue weighted by atomic mass is 10.1. The second-order valence-electron chi connectivity index (χ2n) is 3.90. The average Bonchev–Trinajstić information content (AvgIpc) is 2.50. The molecule has 0 atom stereocenters. The Morgan fingerprint density at radius 2 is 1.71 bits per heavy atom. The van der Waals surface area contributed by atoms with E-state index in [0.29, 0.717) is 11.1 Å². The molecule has 1 heterocycles. The third-order valence-electron chi connectivity index (χ3n) is 2.70. The van der Waals surface area contributed by atoms with E-state index in [0.717, 1.165) is 0 Å². The van der Waals surface area contributed by atoms with Gasteiger partial charge in [-0.05, 0) is 11.6 Å². The molecule has 1 aromatic heterocycles. The zero-order chi connectivity index (χ0) is 12.6. The highest BCUT2D eigenvalue weighted by molar-refractivity contribution is 5.45. The van der Waals surface area contributed by atoms with E-state index in [9.17, 15) is 15.3 Å². The Bertz CT molecular complexity index is 560. The number of benzene rings is 1. The maximum absolute atomic E-state index is 9.70. The van der Waals surface area contributed by atoms with Gasteiger partial charge in [-0.15, -0.1) is 0 Å². The highest BCUT2D eigenvalue weighted by atomic mass is 16.3. The van der Waals surface area contributed by atoms with Crippen molar-refractivity contribution in [1.82, 2.24) is 4.57 Å². The largest absolute Gasteiger partial charge is 0.508 e. The van der Waals surface area contributed by atoms with Crippen LogP contribution in [0.1, 0.15) is 11.1 Å². The van der Waals surface area contributed by atoms with Gasteiger partial charge in [0, 0.05) is 31.2 Å². The molecule has 4 N–H and O–H groups in total. The second-order valence-corrected chi connectivity index (χ2v) is 3.90. The lowest BCUT2D eigenvalue weighted by Crippen LogP contribution is -1.89. The number of phenolic OH excluding ortho intramolecular Hbond substituents is 2. The van der Waals surface area contributed by atoms with Crippen LogP contribution in [0.25, 0.3) is 0 Å². The van der Waals surface area contributed by atoms with Crippen LogP contribution in [0.15, 0.2) is 24.3 Å². The van der Waals surface area contributed by atoms with Crippen LogP contribution in [0.5, 0.6) is 23.3 Å². The van der Waals surface area contributed by atoms with Crippen molar-refractivity contribution in [2.24, 2.45) is 7.05 Å². The molecule has 0 fully saturated rings. The number of nitrogens with zero attached hydrogens (tertiary/aromatic N) is 1. The van der Waals surface area contributed by atoms with Gasteiger partial charge in [-0.25, -0.2) is 0 Å². The molecule has 2 rings (SSSR count). The minimum absolute atomic E-state index is 0.0219. The molecule has 0 spiro atoms. The Morgan fingerprint density at radius 1 is 1.00 bits per heavy atom. The Hall–Kier alpha value is -2.30. The average molecular weight is 235 g/mol. The predicted molar refractivity (Wildman–Crippen MR) is 61.3 cm³/mol. The number of phenols is 2. The van der Waals surface area contributed by atoms with Gasteiger partial charge >= 0.3 is 0 Å². The van der Waals surface area contributed by atoms with Crippen LogP contribution in [-0.2, 0) is 13.5 Å². The lowest BCUT2D eigenvalue weighted by Gasteiger charge is -2.04. The summed E-state index contributed by atoms with van der Waals surface area (Å²) < 4.78 is 1.24. The van der Waals surface area contributed by atoms with Crippen LogP contribution in [-0.4, -0.2) is 25.0 Å². The molecule has 0 aliphatic rings. The smallest absolute Gasteiger partial charge is 0.197 e. The summed E-state index contributed by atoms with van der Waals surface area (Å²) in [4.78, 5) is 0. The molecule has 2 aromatic rings. The maximum Gasteiger partial charge on any atom is 0.197 e. The van der Waals surface area contributed by atoms with E-state index >= 15 is 0 Å². The third kappa shape index (κ3) is 1.99. The normalized spacial score (nSPS) is 10.6. The molecule has 0 aliphatic carbocycles. The summed E-state index contributed by atoms with van der Waals surface area (Å²) in [7, 11) is 1.53. The molecule has 0 aliphatic heterocycles. The zero-order valence-electron chi connectivity index (χ0n) is 9.25. The molecule has 90 valence electrons. The maximum atomic E-state index is 9.70. The molecule has 5 heteroatoms. The Labute approximate surface area is 97.8 Å². The van der Waals surface area contributed by atoms with Crippen LogP contribution >= 0.6 is 0 Å². The van der Waals surface area contributed by atoms with Crippen LogP contribution in [0.4, 0.5) is 0 Å². The molecule has 0 saturated heterocycles. The molecule has 0 saturated carbocycles. The predicted octanol–water partition coefficient (Wildman–Crippen LogP) is 1.44. The van der Waals surface area contributed by atoms with Crippen molar-refractivity contribution in [3.63, 3.8) is 0 Å². The molecule has 0 radical (unpaired) electrons. The number of rotatable bonds is 2. The van der Waals surface area contributed by atoms with Crippen molar-refractivity contribution in [1.29, 1.82) is 0 Å². The minimum atomic E-state index is -0.0484. The molecule has 17 heavy (non-hydrogen) atoms. The van der Waals surface area contributed by atoms with Gasteiger partial charge in [0.15, 0.2) is 11.8 Å². The fourth-order valence-electron chi connectivity index (χ4n) is 1.68. The fraction of sp³-hybridized carbons (Fsp3) is 0.167. The van der Waals surface area contributed by atoms with Gasteiger partial charge in [0.05, 0.1) is 0 Å². The third-order valence-corrected chi connectivity index (χ3v) is 2.70. The molecule has 0 bridgehead atoms. The van der Waals surface area contributed by atoms with Crippen molar-refractivity contribution >= 4 is 0 Å². The first kappa shape index (κ1) is 11.2. The van der Waals surface area contributed by atoms with Crippen LogP contribution < -0.4 is 0 Å². The number of aromatic hydroxyl groups is 4. The first-order valence-corrected chi connectivity index (χ1v) is 5.06. The van der Waals surface area contributed by atoms with Crippen molar-refractivity contribution in [2.75, 3.05) is 0 Å². The summed E-state index contributed by atoms with van der Waals surface area (Å²) in [6.45, 7) is 0. The summed E-state index contributed by atoms with van der Waals surface area (Å²) in [6.07, 6.45) is 0.270. The number of aromatic nitrogens is 1. The van der Waals surface area contributed by atoms with Crippen molar-refractivity contribution in [3.8, 4) is 23.3 Å². The summed E-state index contributed by atoms with van der Waals surface area (Å²) in [5.74, 6) is -0.162. The van der Waals surface area contributed by atoms with E-state index in [2.05, 4.69) is 0 Å². The molecular weight excluding hydrogens is 222 g/mol. The molecule has 0 amide bonds. The quantitative estimate of drug-likeness (QED) is 0.634. The highest BCUT2D eigenvalue weighted by Crippen LogP contribution is 2.31. The molecule has 1 aromatic carbocycles. The van der Waals surface area contributed by atoms with E-state index < -0.39 is 0 Å². The van der Waals surface area contributed by atoms with Gasteiger partial charge in [-0.3, -0.25) is 4.57 Å². The van der Waals surface area contributed by atoms with Crippen LogP contribution in [0.2, 0.25) is 0 Å². The van der Waals surface area contributed by atoms with Crippen molar-refractivity contribution < 1.29 is 20.4 Å². The van der Waals surface area contributed by atoms with Gasteiger partial charge in [0.25, 0.3) is 0 Å². The van der Waals surface area contributed by atoms with Crippen molar-refractivity contribution in [2.45, 2.75) is 6.42 Å². The van der Waals surface area contributed by atoms with Gasteiger partial charge in [-0.2, -0.15) is 0 Å². The summed E-state index contributed by atoms with van der Waals surface area (Å²) >= 11 is 0. The van der Waals surface area contributed by atoms with Gasteiger partial charge in [0.1, 0.15) is 11.5 Å². The SMILES string of the molecule is Cn1c(O)cc(Cc2ccc(O)cc2O)c1O. The Kier molecular flexibility index (Phi) is 2.59. The fourth-order valence-corrected chi connectivity index (χ4v) is 1.68. The highest BCUT2D eigenvalue weighted by Gasteiger charge is 2.13. The van der Waals surface area contributed by atoms with E-state index in [1.54, 1.807) is 6.07 Å². The summed E-state index contributed by atoms with van der Waals surface area (Å²) in [5.41, 5.74) is 1.06. The number of hydrogen-bond acceptors (Lipinski definition) is 4. The molecule has 5 nitrogen and oxygen atoms in total. The topological polar surface area (TPSA) is 85.9 Å². The Morgan fingerprint density at radius 3 is 2.24 bits per heavy atom. The minimum Gasteiger partial charge on any atom is -0.508 e. The first-order valence-electron chi connectivity index (χ1n) is 5.06. The van der Waals surface area contributed by atoms with E-state index in [1.807, 2.05) is 0 Å². The first-order chi connectivity index (χ1) is 7.99.